The highest BCUT2D eigenvalue weighted by molar-refractivity contribution is 7.49. The Morgan fingerprint density at radius 2 is 1.71 bits per heavy atom. The molecule has 220 valence electrons. The third-order valence-electron chi connectivity index (χ3n) is 4.83. The Morgan fingerprint density at radius 1 is 1.13 bits per heavy atom. The van der Waals surface area contributed by atoms with Gasteiger partial charge in [-0.1, -0.05) is 0 Å². The molecule has 1 aromatic rings. The Balaban J connectivity index is 1.91. The van der Waals surface area contributed by atoms with E-state index in [1.165, 1.54) is 6.07 Å². The lowest BCUT2D eigenvalue weighted by Crippen LogP contribution is -2.47. The molecular weight excluding hydrogens is 591 g/mol. The monoisotopic (exact) mass is 617 g/mol. The van der Waals surface area contributed by atoms with Crippen LogP contribution in [0.2, 0.25) is 0 Å². The number of nitrogen functional groups attached to an aromatic ring is 1. The molecule has 1 saturated heterocycles. The Labute approximate surface area is 212 Å². The number of anilines is 1. The Bertz CT molecular complexity index is 1160. The average molecular weight is 617 g/mol. The van der Waals surface area contributed by atoms with Crippen molar-refractivity contribution in [2.75, 3.05) is 25.6 Å². The second-order valence-electron chi connectivity index (χ2n) is 7.83. The van der Waals surface area contributed by atoms with Crippen molar-refractivity contribution in [3.63, 3.8) is 0 Å². The minimum absolute atomic E-state index is 0.130. The summed E-state index contributed by atoms with van der Waals surface area (Å²) in [6.07, 6.45) is -7.52. The molecule has 0 bridgehead atoms. The molecule has 24 heteroatoms. The molecule has 0 saturated carbocycles. The van der Waals surface area contributed by atoms with E-state index >= 15 is 0 Å². The molecule has 10 N–H and O–H groups in total. The van der Waals surface area contributed by atoms with Crippen molar-refractivity contribution in [3.8, 4) is 0 Å². The normalized spacial score (nSPS) is 27.8. The summed E-state index contributed by atoms with van der Waals surface area (Å²) in [4.78, 5) is 52.2. The molecule has 38 heavy (non-hydrogen) atoms. The molecule has 2 unspecified atom stereocenters. The van der Waals surface area contributed by atoms with E-state index in [0.29, 0.717) is 0 Å². The predicted octanol–water partition coefficient (Wildman–Crippen LogP) is -3.15. The van der Waals surface area contributed by atoms with Crippen molar-refractivity contribution in [3.05, 3.63) is 22.7 Å². The third kappa shape index (κ3) is 9.19. The van der Waals surface area contributed by atoms with Crippen molar-refractivity contribution < 1.29 is 81.4 Å². The van der Waals surface area contributed by atoms with Crippen LogP contribution in [0.3, 0.4) is 0 Å². The molecule has 2 heterocycles. The van der Waals surface area contributed by atoms with E-state index in [2.05, 4.69) is 27.9 Å². The van der Waals surface area contributed by atoms with Gasteiger partial charge in [0, 0.05) is 6.20 Å². The first kappa shape index (κ1) is 33.0. The summed E-state index contributed by atoms with van der Waals surface area (Å²) in [6.45, 7) is -2.58. The first-order valence-electron chi connectivity index (χ1n) is 10.0. The van der Waals surface area contributed by atoms with Gasteiger partial charge in [-0.15, -0.1) is 9.35 Å². The molecule has 1 aliphatic heterocycles. The number of rotatable bonds is 14. The second kappa shape index (κ2) is 12.5. The van der Waals surface area contributed by atoms with Gasteiger partial charge in [-0.05, 0) is 13.0 Å². The first-order valence-corrected chi connectivity index (χ1v) is 14.6. The lowest BCUT2D eigenvalue weighted by Gasteiger charge is -2.32. The Hall–Kier alpha value is -1.19. The van der Waals surface area contributed by atoms with Crippen LogP contribution in [-0.4, -0.2) is 99.4 Å². The lowest BCUT2D eigenvalue weighted by atomic mass is 10.0. The number of aromatic nitrogens is 2. The number of ether oxygens (including phenoxy) is 1. The largest absolute Gasteiger partial charge is 0.500 e. The van der Waals surface area contributed by atoms with Gasteiger partial charge in [0.2, 0.25) is 0 Å². The van der Waals surface area contributed by atoms with Crippen molar-refractivity contribution in [2.24, 2.45) is 0 Å². The van der Waals surface area contributed by atoms with E-state index in [4.69, 9.17) is 20.3 Å². The van der Waals surface area contributed by atoms with Crippen LogP contribution in [0.4, 0.5) is 5.82 Å². The summed E-state index contributed by atoms with van der Waals surface area (Å²) in [5.41, 5.74) is 2.06. The predicted molar refractivity (Wildman–Crippen MR) is 117 cm³/mol. The van der Waals surface area contributed by atoms with Gasteiger partial charge < -0.3 is 50.5 Å². The van der Waals surface area contributed by atoms with Crippen LogP contribution in [0.1, 0.15) is 13.2 Å². The van der Waals surface area contributed by atoms with Crippen LogP contribution in [0, 0.1) is 0 Å². The molecule has 0 spiro atoms. The highest BCUT2D eigenvalue weighted by Gasteiger charge is 2.46. The zero-order valence-corrected chi connectivity index (χ0v) is 21.8. The summed E-state index contributed by atoms with van der Waals surface area (Å²) in [5, 5.41) is 39.4. The van der Waals surface area contributed by atoms with Crippen molar-refractivity contribution in [1.82, 2.24) is 9.55 Å². The molecule has 0 aliphatic carbocycles. The average Bonchev–Trinajstić information content (AvgIpc) is 3.07. The molecule has 0 amide bonds. The van der Waals surface area contributed by atoms with Gasteiger partial charge in [0.1, 0.15) is 35.8 Å². The smallest absolute Gasteiger partial charge is 0.393 e. The molecule has 1 fully saturated rings. The van der Waals surface area contributed by atoms with E-state index in [1.54, 1.807) is 0 Å². The summed E-state index contributed by atoms with van der Waals surface area (Å²) >= 11 is 0. The van der Waals surface area contributed by atoms with E-state index in [1.807, 2.05) is 0 Å². The fourth-order valence-electron chi connectivity index (χ4n) is 2.82. The topological polar surface area (TPSA) is 329 Å². The summed E-state index contributed by atoms with van der Waals surface area (Å²) in [7, 11) is -16.0. The van der Waals surface area contributed by atoms with Crippen LogP contribution in [0.25, 0.3) is 0 Å². The van der Waals surface area contributed by atoms with Crippen LogP contribution < -0.4 is 11.4 Å². The number of nitrogens with zero attached hydrogens (tertiary/aromatic N) is 2. The minimum atomic E-state index is -5.41. The summed E-state index contributed by atoms with van der Waals surface area (Å²) in [6, 6.07) is 1.20. The molecule has 0 radical (unpaired) electrons. The zero-order valence-electron chi connectivity index (χ0n) is 19.1. The lowest BCUT2D eigenvalue weighted by molar-refractivity contribution is -0.160. The number of hydrogen-bond donors (Lipinski definition) is 9. The van der Waals surface area contributed by atoms with Crippen molar-refractivity contribution >= 4 is 29.3 Å². The Kier molecular flexibility index (Phi) is 10.9. The molecule has 8 atom stereocenters. The van der Waals surface area contributed by atoms with Gasteiger partial charge in [0.15, 0.2) is 6.23 Å². The molecule has 1 aromatic heterocycles. The first-order chi connectivity index (χ1) is 17.3. The zero-order chi connectivity index (χ0) is 29.1. The summed E-state index contributed by atoms with van der Waals surface area (Å²) in [5.74, 6) is -0.130. The van der Waals surface area contributed by atoms with Crippen molar-refractivity contribution in [1.29, 1.82) is 0 Å². The van der Waals surface area contributed by atoms with Crippen molar-refractivity contribution in [2.45, 2.75) is 43.2 Å². The molecule has 21 nitrogen and oxygen atoms in total. The number of hydrogen-bond acceptors (Lipinski definition) is 16. The highest BCUT2D eigenvalue weighted by Crippen LogP contribution is 2.53. The number of nitrogens with two attached hydrogens (primary N) is 1. The number of phosphoric ester groups is 3. The maximum absolute atomic E-state index is 12.0. The summed E-state index contributed by atoms with van der Waals surface area (Å²) < 4.78 is 61.5. The van der Waals surface area contributed by atoms with E-state index in [9.17, 15) is 48.7 Å². The SMILES string of the molecule is C[C@@](CO)(OP(=O)(O)O)[C@H](O)COP(=O)(O)OOP(=O)(O)OC[C@@H]1O[C@H](n2ccc(N)nc2=O)[C@@H](O)[C@H]1O. The number of phosphoric acid groups is 3. The van der Waals surface area contributed by atoms with E-state index in [-0.39, 0.29) is 5.82 Å². The third-order valence-corrected chi connectivity index (χ3v) is 7.08. The van der Waals surface area contributed by atoms with Gasteiger partial charge in [-0.2, -0.15) is 4.98 Å². The number of aliphatic hydroxyl groups excluding tert-OH is 4. The maximum Gasteiger partial charge on any atom is 0.500 e. The van der Waals surface area contributed by atoms with E-state index in [0.717, 1.165) is 17.7 Å². The van der Waals surface area contributed by atoms with Gasteiger partial charge in [0.05, 0.1) is 19.8 Å². The van der Waals surface area contributed by atoms with Gasteiger partial charge >= 0.3 is 29.2 Å². The fraction of sp³-hybridized carbons (Fsp3) is 0.714. The quantitative estimate of drug-likeness (QED) is 0.0565. The molecule has 1 aliphatic rings. The van der Waals surface area contributed by atoms with Crippen LogP contribution >= 0.6 is 23.5 Å². The standard InChI is InChI=1S/C14H26N3O18P3/c1-14(6-18,33-36(23,24)25)8(19)5-31-38(28,29)35-34-37(26,27)30-4-7-10(20)11(21)12(32-7)17-3-2-9(15)16-13(17)22/h2-3,7-8,10-12,18-21H,4-6H2,1H3,(H,26,27)(H,28,29)(H2,15,16,22)(H2,23,24,25)/t7-,8+,10-,11-,12-,14-/m0/s1. The maximum atomic E-state index is 12.0. The molecular formula is C14H26N3O18P3. The molecule has 0 aromatic carbocycles. The van der Waals surface area contributed by atoms with Gasteiger partial charge in [-0.25, -0.2) is 18.5 Å². The van der Waals surface area contributed by atoms with Gasteiger partial charge in [-0.3, -0.25) is 18.1 Å². The Morgan fingerprint density at radius 3 is 2.24 bits per heavy atom. The van der Waals surface area contributed by atoms with Crippen LogP contribution in [-0.2, 0) is 41.4 Å². The van der Waals surface area contributed by atoms with Crippen LogP contribution in [0.15, 0.2) is 17.1 Å². The van der Waals surface area contributed by atoms with Crippen LogP contribution in [0.5, 0.6) is 0 Å². The van der Waals surface area contributed by atoms with Gasteiger partial charge in [0.25, 0.3) is 0 Å². The molecule has 2 rings (SSSR count). The minimum Gasteiger partial charge on any atom is -0.393 e. The highest BCUT2D eigenvalue weighted by atomic mass is 31.2. The number of aliphatic hydroxyl groups is 4. The van der Waals surface area contributed by atoms with E-state index < -0.39 is 85.2 Å². The second-order valence-corrected chi connectivity index (χ2v) is 11.7. The fourth-order valence-corrected chi connectivity index (χ4v) is 4.97.